The van der Waals surface area contributed by atoms with Gasteiger partial charge in [0.1, 0.15) is 0 Å². The Kier molecular flexibility index (Phi) is 10.6. The van der Waals surface area contributed by atoms with E-state index >= 15 is 0 Å². The molecule has 5 aliphatic heterocycles. The van der Waals surface area contributed by atoms with E-state index in [2.05, 4.69) is 9.80 Å². The van der Waals surface area contributed by atoms with Gasteiger partial charge in [-0.15, -0.1) is 0 Å². The lowest BCUT2D eigenvalue weighted by Crippen LogP contribution is -2.61. The van der Waals surface area contributed by atoms with Crippen LogP contribution in [0, 0.1) is 5.92 Å². The summed E-state index contributed by atoms with van der Waals surface area (Å²) in [6, 6.07) is 13.9. The third-order valence-corrected chi connectivity index (χ3v) is 10.8. The SMILES string of the molecule is COC(=O)C1=C(CC(=O)N2CCN(C3CN4CCC3CC4)CC2)N(C)C=C(C(=O)OCC(=O)c2ccccc2)C1c1c(Cl)cccc1Cl. The van der Waals surface area contributed by atoms with E-state index in [-0.39, 0.29) is 39.3 Å². The number of piperidine rings is 3. The van der Waals surface area contributed by atoms with E-state index in [1.165, 1.54) is 39.2 Å². The number of carbonyl (C=O) groups excluding carboxylic acids is 4. The normalized spacial score (nSPS) is 24.3. The maximum Gasteiger partial charge on any atom is 0.336 e. The molecule has 7 rings (SSSR count). The topological polar surface area (TPSA) is 99.7 Å². The number of carbonyl (C=O) groups is 4. The summed E-state index contributed by atoms with van der Waals surface area (Å²) in [6.45, 7) is 5.74. The number of rotatable bonds is 9. The molecule has 0 aliphatic carbocycles. The highest BCUT2D eigenvalue weighted by Crippen LogP contribution is 2.45. The van der Waals surface area contributed by atoms with Gasteiger partial charge in [-0.3, -0.25) is 14.5 Å². The van der Waals surface area contributed by atoms with Crippen LogP contribution in [0.2, 0.25) is 10.0 Å². The zero-order valence-electron chi connectivity index (χ0n) is 27.2. The van der Waals surface area contributed by atoms with Gasteiger partial charge in [-0.1, -0.05) is 59.6 Å². The number of ether oxygens (including phenoxy) is 2. The summed E-state index contributed by atoms with van der Waals surface area (Å²) in [5.74, 6) is -2.49. The van der Waals surface area contributed by atoms with E-state index in [4.69, 9.17) is 32.7 Å². The Morgan fingerprint density at radius 1 is 0.854 bits per heavy atom. The third-order valence-electron chi connectivity index (χ3n) is 10.1. The quantitative estimate of drug-likeness (QED) is 0.280. The van der Waals surface area contributed by atoms with Gasteiger partial charge in [0.25, 0.3) is 0 Å². The lowest BCUT2D eigenvalue weighted by atomic mass is 9.80. The van der Waals surface area contributed by atoms with Gasteiger partial charge in [0.15, 0.2) is 12.4 Å². The average molecular weight is 696 g/mol. The number of amides is 1. The van der Waals surface area contributed by atoms with Gasteiger partial charge < -0.3 is 24.2 Å². The van der Waals surface area contributed by atoms with Gasteiger partial charge in [0, 0.05) is 78.9 Å². The first kappa shape index (κ1) is 34.2. The standard InChI is InChI=1S/C36H40Cl2N4O6/c1-39-20-25(35(45)48-22-30(43)24-7-4-3-5-8-24)32(33-26(37)9-6-10-27(33)38)34(36(46)47-2)28(39)19-31(44)42-17-15-41(16-18-42)29-21-40-13-11-23(29)12-14-40/h3-10,20,23,29,32H,11-19,21-22H2,1-2H3. The molecule has 2 aromatic carbocycles. The van der Waals surface area contributed by atoms with E-state index in [1.807, 2.05) is 4.90 Å². The van der Waals surface area contributed by atoms with Crippen LogP contribution in [0.15, 0.2) is 71.6 Å². The second-order valence-corrected chi connectivity index (χ2v) is 13.6. The first-order valence-corrected chi connectivity index (χ1v) is 17.1. The lowest BCUT2D eigenvalue weighted by molar-refractivity contribution is -0.138. The maximum atomic E-state index is 13.9. The number of ketones is 1. The third kappa shape index (κ3) is 7.03. The fraction of sp³-hybridized carbons (Fsp3) is 0.444. The van der Waals surface area contributed by atoms with Crippen molar-refractivity contribution in [3.63, 3.8) is 0 Å². The van der Waals surface area contributed by atoms with Crippen LogP contribution in [-0.4, -0.2) is 116 Å². The molecule has 2 bridgehead atoms. The number of fused-ring (bicyclic) bond motifs is 3. The fourth-order valence-electron chi connectivity index (χ4n) is 7.52. The van der Waals surface area contributed by atoms with Crippen molar-refractivity contribution in [3.05, 3.63) is 92.7 Å². The molecule has 0 spiro atoms. The van der Waals surface area contributed by atoms with Gasteiger partial charge in [-0.25, -0.2) is 9.59 Å². The lowest BCUT2D eigenvalue weighted by Gasteiger charge is -2.51. The molecule has 0 saturated carbocycles. The van der Waals surface area contributed by atoms with E-state index in [1.54, 1.807) is 60.5 Å². The average Bonchev–Trinajstić information content (AvgIpc) is 3.12. The monoisotopic (exact) mass is 694 g/mol. The van der Waals surface area contributed by atoms with Crippen molar-refractivity contribution in [1.82, 2.24) is 19.6 Å². The molecule has 2 unspecified atom stereocenters. The molecule has 4 fully saturated rings. The molecule has 0 radical (unpaired) electrons. The Morgan fingerprint density at radius 3 is 2.12 bits per heavy atom. The molecule has 2 atom stereocenters. The second-order valence-electron chi connectivity index (χ2n) is 12.8. The van der Waals surface area contributed by atoms with Crippen molar-refractivity contribution in [2.24, 2.45) is 5.92 Å². The molecule has 1 amide bonds. The smallest absolute Gasteiger partial charge is 0.336 e. The van der Waals surface area contributed by atoms with Gasteiger partial charge in [-0.2, -0.15) is 0 Å². The number of Topliss-reactive ketones (excluding diaryl/α,β-unsaturated/α-hetero) is 1. The van der Waals surface area contributed by atoms with Crippen LogP contribution in [0.5, 0.6) is 0 Å². The van der Waals surface area contributed by atoms with Crippen molar-refractivity contribution >= 4 is 46.8 Å². The predicted molar refractivity (Wildman–Crippen MR) is 182 cm³/mol. The van der Waals surface area contributed by atoms with Crippen molar-refractivity contribution in [1.29, 1.82) is 0 Å². The summed E-state index contributed by atoms with van der Waals surface area (Å²) < 4.78 is 10.7. The number of benzene rings is 2. The first-order chi connectivity index (χ1) is 23.2. The van der Waals surface area contributed by atoms with Crippen LogP contribution in [0.1, 0.15) is 41.1 Å². The maximum absolute atomic E-state index is 13.9. The minimum atomic E-state index is -1.12. The fourth-order valence-corrected chi connectivity index (χ4v) is 8.14. The minimum Gasteiger partial charge on any atom is -0.466 e. The highest BCUT2D eigenvalue weighted by Gasteiger charge is 2.42. The largest absolute Gasteiger partial charge is 0.466 e. The number of nitrogens with zero attached hydrogens (tertiary/aromatic N) is 4. The van der Waals surface area contributed by atoms with E-state index in [9.17, 15) is 19.2 Å². The van der Waals surface area contributed by atoms with Crippen LogP contribution in [0.3, 0.4) is 0 Å². The number of piperazine rings is 1. The number of halogens is 2. The minimum absolute atomic E-state index is 0.0242. The highest BCUT2D eigenvalue weighted by molar-refractivity contribution is 6.36. The zero-order valence-corrected chi connectivity index (χ0v) is 28.7. The van der Waals surface area contributed by atoms with Crippen molar-refractivity contribution < 1.29 is 28.7 Å². The van der Waals surface area contributed by atoms with Crippen molar-refractivity contribution in [2.45, 2.75) is 31.2 Å². The molecule has 10 nitrogen and oxygen atoms in total. The van der Waals surface area contributed by atoms with E-state index in [0.717, 1.165) is 25.6 Å². The van der Waals surface area contributed by atoms with Gasteiger partial charge >= 0.3 is 11.9 Å². The number of hydrogen-bond donors (Lipinski definition) is 0. The molecule has 254 valence electrons. The van der Waals surface area contributed by atoms with Crippen LogP contribution in [0.4, 0.5) is 0 Å². The molecule has 5 aliphatic rings. The highest BCUT2D eigenvalue weighted by atomic mass is 35.5. The first-order valence-electron chi connectivity index (χ1n) is 16.4. The van der Waals surface area contributed by atoms with Gasteiger partial charge in [0.2, 0.25) is 5.91 Å². The van der Waals surface area contributed by atoms with Gasteiger partial charge in [0.05, 0.1) is 30.6 Å². The van der Waals surface area contributed by atoms with Crippen LogP contribution >= 0.6 is 23.2 Å². The van der Waals surface area contributed by atoms with E-state index in [0.29, 0.717) is 36.0 Å². The summed E-state index contributed by atoms with van der Waals surface area (Å²) in [4.78, 5) is 62.5. The molecule has 4 saturated heterocycles. The van der Waals surface area contributed by atoms with Gasteiger partial charge in [-0.05, 0) is 44.0 Å². The molecule has 0 N–H and O–H groups in total. The number of methoxy groups -OCH3 is 1. The molecule has 0 aromatic heterocycles. The Hall–Kier alpha value is -3.70. The number of hydrogen-bond acceptors (Lipinski definition) is 9. The second kappa shape index (κ2) is 14.8. The summed E-state index contributed by atoms with van der Waals surface area (Å²) in [7, 11) is 2.90. The van der Waals surface area contributed by atoms with Crippen LogP contribution in [0.25, 0.3) is 0 Å². The molecule has 2 aromatic rings. The van der Waals surface area contributed by atoms with E-state index < -0.39 is 24.5 Å². The Labute approximate surface area is 290 Å². The molecule has 12 heteroatoms. The zero-order chi connectivity index (χ0) is 33.9. The summed E-state index contributed by atoms with van der Waals surface area (Å²) >= 11 is 13.4. The molecular weight excluding hydrogens is 655 g/mol. The van der Waals surface area contributed by atoms with Crippen LogP contribution in [-0.2, 0) is 23.9 Å². The predicted octanol–water partition coefficient (Wildman–Crippen LogP) is 4.39. The Bertz CT molecular complexity index is 1610. The van der Waals surface area contributed by atoms with Crippen molar-refractivity contribution in [2.75, 3.05) is 66.6 Å². The van der Waals surface area contributed by atoms with Crippen LogP contribution < -0.4 is 0 Å². The molecular formula is C36H40Cl2N4O6. The summed E-state index contributed by atoms with van der Waals surface area (Å²) in [6.07, 6.45) is 3.89. The molecule has 48 heavy (non-hydrogen) atoms. The van der Waals surface area contributed by atoms with Crippen molar-refractivity contribution in [3.8, 4) is 0 Å². The summed E-state index contributed by atoms with van der Waals surface area (Å²) in [5, 5.41) is 0.430. The Morgan fingerprint density at radius 2 is 1.52 bits per heavy atom. The molecule has 5 heterocycles. The summed E-state index contributed by atoms with van der Waals surface area (Å²) in [5.41, 5.74) is 1.13. The number of esters is 2. The Balaban J connectivity index is 1.25.